The number of piperazine rings is 1. The van der Waals surface area contributed by atoms with Crippen molar-refractivity contribution in [1.29, 1.82) is 0 Å². The first kappa shape index (κ1) is 16.5. The van der Waals surface area contributed by atoms with Crippen LogP contribution in [0.25, 0.3) is 0 Å². The summed E-state index contributed by atoms with van der Waals surface area (Å²) in [6.07, 6.45) is 0.619. The van der Waals surface area contributed by atoms with E-state index in [4.69, 9.17) is 0 Å². The lowest BCUT2D eigenvalue weighted by atomic mass is 9.95. The Balaban J connectivity index is 2.06. The van der Waals surface area contributed by atoms with Crippen LogP contribution in [0, 0.1) is 0 Å². The summed E-state index contributed by atoms with van der Waals surface area (Å²) in [5.74, 6) is 0. The second-order valence-electron chi connectivity index (χ2n) is 6.99. The van der Waals surface area contributed by atoms with Gasteiger partial charge in [-0.3, -0.25) is 9.80 Å². The molecule has 0 spiro atoms. The third-order valence-electron chi connectivity index (χ3n) is 5.11. The number of hydrogen-bond acceptors (Lipinski definition) is 3. The highest BCUT2D eigenvalue weighted by Gasteiger charge is 2.35. The topological polar surface area (TPSA) is 26.7 Å². The maximum atomic E-state index is 10.7. The van der Waals surface area contributed by atoms with Crippen molar-refractivity contribution in [2.75, 3.05) is 26.7 Å². The van der Waals surface area contributed by atoms with Crippen LogP contribution in [-0.2, 0) is 6.42 Å². The number of nitrogens with zero attached hydrogens (tertiary/aromatic N) is 2. The van der Waals surface area contributed by atoms with Gasteiger partial charge in [-0.25, -0.2) is 0 Å². The molecule has 0 aliphatic carbocycles. The molecule has 2 rings (SSSR count). The summed E-state index contributed by atoms with van der Waals surface area (Å²) in [5, 5.41) is 10.7. The molecule has 0 saturated carbocycles. The number of benzene rings is 1. The van der Waals surface area contributed by atoms with Gasteiger partial charge in [0.1, 0.15) is 0 Å². The van der Waals surface area contributed by atoms with Gasteiger partial charge in [-0.1, -0.05) is 31.2 Å². The van der Waals surface area contributed by atoms with Crippen molar-refractivity contribution in [2.45, 2.75) is 51.8 Å². The number of aliphatic hydroxyl groups excluding tert-OH is 1. The Labute approximate surface area is 129 Å². The minimum atomic E-state index is -0.421. The van der Waals surface area contributed by atoms with Crippen molar-refractivity contribution in [3.63, 3.8) is 0 Å². The van der Waals surface area contributed by atoms with Crippen LogP contribution in [0.2, 0.25) is 0 Å². The van der Waals surface area contributed by atoms with Crippen LogP contribution in [0.15, 0.2) is 24.3 Å². The molecule has 21 heavy (non-hydrogen) atoms. The van der Waals surface area contributed by atoms with E-state index < -0.39 is 6.10 Å². The van der Waals surface area contributed by atoms with Gasteiger partial charge in [-0.05, 0) is 45.4 Å². The summed E-state index contributed by atoms with van der Waals surface area (Å²) in [7, 11) is 2.18. The molecule has 0 amide bonds. The molecule has 1 aromatic rings. The van der Waals surface area contributed by atoms with E-state index in [0.29, 0.717) is 0 Å². The second kappa shape index (κ2) is 6.47. The number of hydrogen-bond donors (Lipinski definition) is 1. The van der Waals surface area contributed by atoms with Gasteiger partial charge in [-0.15, -0.1) is 0 Å². The molecule has 2 atom stereocenters. The Morgan fingerprint density at radius 2 is 1.81 bits per heavy atom. The summed E-state index contributed by atoms with van der Waals surface area (Å²) >= 11 is 0. The van der Waals surface area contributed by atoms with Crippen LogP contribution < -0.4 is 0 Å². The average molecular weight is 290 g/mol. The first-order valence-electron chi connectivity index (χ1n) is 8.07. The van der Waals surface area contributed by atoms with Gasteiger partial charge in [0.05, 0.1) is 6.10 Å². The highest BCUT2D eigenvalue weighted by molar-refractivity contribution is 5.25. The molecular formula is C18H30N2O. The zero-order valence-corrected chi connectivity index (χ0v) is 14.1. The van der Waals surface area contributed by atoms with E-state index in [2.05, 4.69) is 68.8 Å². The fourth-order valence-electron chi connectivity index (χ4n) is 3.05. The maximum absolute atomic E-state index is 10.7. The molecule has 118 valence electrons. The van der Waals surface area contributed by atoms with Crippen LogP contribution >= 0.6 is 0 Å². The standard InChI is InChI=1S/C18H30N2O/c1-6-15-7-9-16(10-8-15)17(21)14(2)20-12-11-19(5)18(3,4)13-20/h7-10,14,17,21H,6,11-13H2,1-5H3. The molecule has 1 N–H and O–H groups in total. The number of aryl methyl sites for hydroxylation is 1. The van der Waals surface area contributed by atoms with Gasteiger partial charge in [0.2, 0.25) is 0 Å². The van der Waals surface area contributed by atoms with E-state index in [0.717, 1.165) is 31.6 Å². The monoisotopic (exact) mass is 290 g/mol. The maximum Gasteiger partial charge on any atom is 0.0942 e. The van der Waals surface area contributed by atoms with E-state index in [1.807, 2.05) is 0 Å². The largest absolute Gasteiger partial charge is 0.387 e. The fraction of sp³-hybridized carbons (Fsp3) is 0.667. The van der Waals surface area contributed by atoms with Crippen LogP contribution in [0.4, 0.5) is 0 Å². The summed E-state index contributed by atoms with van der Waals surface area (Å²) in [5.41, 5.74) is 2.51. The van der Waals surface area contributed by atoms with Crippen molar-refractivity contribution >= 4 is 0 Å². The Kier molecular flexibility index (Phi) is 5.07. The van der Waals surface area contributed by atoms with E-state index in [1.165, 1.54) is 5.56 Å². The molecule has 1 heterocycles. The fourth-order valence-corrected chi connectivity index (χ4v) is 3.05. The summed E-state index contributed by atoms with van der Waals surface area (Å²) in [4.78, 5) is 4.82. The lowest BCUT2D eigenvalue weighted by Gasteiger charge is -2.48. The van der Waals surface area contributed by atoms with Crippen molar-refractivity contribution in [1.82, 2.24) is 9.80 Å². The lowest BCUT2D eigenvalue weighted by Crippen LogP contribution is -2.60. The molecule has 1 aromatic carbocycles. The summed E-state index contributed by atoms with van der Waals surface area (Å²) < 4.78 is 0. The lowest BCUT2D eigenvalue weighted by molar-refractivity contribution is -0.0184. The van der Waals surface area contributed by atoms with Gasteiger partial charge in [0.15, 0.2) is 0 Å². The number of rotatable bonds is 4. The Hall–Kier alpha value is -0.900. The predicted molar refractivity (Wildman–Crippen MR) is 88.5 cm³/mol. The SMILES string of the molecule is CCc1ccc(C(O)C(C)N2CCN(C)C(C)(C)C2)cc1. The quantitative estimate of drug-likeness (QED) is 0.923. The van der Waals surface area contributed by atoms with Crippen LogP contribution in [0.5, 0.6) is 0 Å². The van der Waals surface area contributed by atoms with Gasteiger partial charge >= 0.3 is 0 Å². The molecule has 1 fully saturated rings. The van der Waals surface area contributed by atoms with Crippen molar-refractivity contribution in [3.8, 4) is 0 Å². The van der Waals surface area contributed by atoms with E-state index in [1.54, 1.807) is 0 Å². The molecule has 1 saturated heterocycles. The van der Waals surface area contributed by atoms with Gasteiger partial charge in [-0.2, -0.15) is 0 Å². The summed E-state index contributed by atoms with van der Waals surface area (Å²) in [6.45, 7) is 11.9. The number of likely N-dealkylation sites (N-methyl/N-ethyl adjacent to an activating group) is 1. The third kappa shape index (κ3) is 3.65. The van der Waals surface area contributed by atoms with Crippen LogP contribution in [0.1, 0.15) is 44.9 Å². The minimum Gasteiger partial charge on any atom is -0.387 e. The molecule has 3 heteroatoms. The zero-order chi connectivity index (χ0) is 15.6. The van der Waals surface area contributed by atoms with Crippen LogP contribution in [0.3, 0.4) is 0 Å². The Morgan fingerprint density at radius 3 is 2.33 bits per heavy atom. The van der Waals surface area contributed by atoms with E-state index >= 15 is 0 Å². The van der Waals surface area contributed by atoms with E-state index in [9.17, 15) is 5.11 Å². The Bertz CT molecular complexity index is 455. The molecule has 0 bridgehead atoms. The molecular weight excluding hydrogens is 260 g/mol. The highest BCUT2D eigenvalue weighted by atomic mass is 16.3. The van der Waals surface area contributed by atoms with Gasteiger partial charge in [0, 0.05) is 31.2 Å². The van der Waals surface area contributed by atoms with E-state index in [-0.39, 0.29) is 11.6 Å². The number of aliphatic hydroxyl groups is 1. The highest BCUT2D eigenvalue weighted by Crippen LogP contribution is 2.26. The molecule has 1 aliphatic rings. The normalized spacial score (nSPS) is 23.0. The third-order valence-corrected chi connectivity index (χ3v) is 5.11. The molecule has 3 nitrogen and oxygen atoms in total. The predicted octanol–water partition coefficient (Wildman–Crippen LogP) is 2.70. The van der Waals surface area contributed by atoms with Gasteiger partial charge < -0.3 is 5.11 Å². The molecule has 1 aliphatic heterocycles. The zero-order valence-electron chi connectivity index (χ0n) is 14.1. The first-order valence-corrected chi connectivity index (χ1v) is 8.07. The Morgan fingerprint density at radius 1 is 1.19 bits per heavy atom. The van der Waals surface area contributed by atoms with Crippen LogP contribution in [-0.4, -0.2) is 53.2 Å². The van der Waals surface area contributed by atoms with Gasteiger partial charge in [0.25, 0.3) is 0 Å². The second-order valence-corrected chi connectivity index (χ2v) is 6.99. The average Bonchev–Trinajstić information content (AvgIpc) is 2.48. The minimum absolute atomic E-state index is 0.144. The van der Waals surface area contributed by atoms with Crippen molar-refractivity contribution in [2.24, 2.45) is 0 Å². The summed E-state index contributed by atoms with van der Waals surface area (Å²) in [6, 6.07) is 8.53. The van der Waals surface area contributed by atoms with Crippen molar-refractivity contribution in [3.05, 3.63) is 35.4 Å². The molecule has 2 unspecified atom stereocenters. The molecule has 0 aromatic heterocycles. The first-order chi connectivity index (χ1) is 9.85. The molecule has 0 radical (unpaired) electrons. The smallest absolute Gasteiger partial charge is 0.0942 e. The van der Waals surface area contributed by atoms with Crippen molar-refractivity contribution < 1.29 is 5.11 Å².